The summed E-state index contributed by atoms with van der Waals surface area (Å²) in [6.45, 7) is 11.5. The second-order valence-corrected chi connectivity index (χ2v) is 9.02. The molecule has 0 spiro atoms. The second kappa shape index (κ2) is 6.95. The number of aromatic nitrogens is 1. The number of carbonyl (C=O) groups is 1. The molecule has 1 aliphatic carbocycles. The number of benzene rings is 1. The highest BCUT2D eigenvalue weighted by Crippen LogP contribution is 2.42. The lowest BCUT2D eigenvalue weighted by Crippen LogP contribution is -2.16. The molecule has 0 aliphatic heterocycles. The predicted molar refractivity (Wildman–Crippen MR) is 111 cm³/mol. The van der Waals surface area contributed by atoms with Gasteiger partial charge in [0.05, 0.1) is 18.4 Å². The van der Waals surface area contributed by atoms with Crippen LogP contribution in [0.1, 0.15) is 79.3 Å². The Morgan fingerprint density at radius 3 is 2.52 bits per heavy atom. The number of ether oxygens (including phenoxy) is 1. The summed E-state index contributed by atoms with van der Waals surface area (Å²) in [5, 5.41) is 0. The number of esters is 1. The average molecular weight is 364 g/mol. The summed E-state index contributed by atoms with van der Waals surface area (Å²) in [5.74, 6) is -0.365. The van der Waals surface area contributed by atoms with Crippen molar-refractivity contribution in [2.45, 2.75) is 58.3 Å². The zero-order valence-electron chi connectivity index (χ0n) is 17.2. The number of nitrogens with zero attached hydrogens (tertiary/aromatic N) is 1. The van der Waals surface area contributed by atoms with Crippen LogP contribution in [0.5, 0.6) is 0 Å². The second-order valence-electron chi connectivity index (χ2n) is 9.02. The minimum Gasteiger partial charge on any atom is -0.465 e. The molecule has 0 N–H and O–H groups in total. The van der Waals surface area contributed by atoms with Gasteiger partial charge in [0.1, 0.15) is 0 Å². The van der Waals surface area contributed by atoms with Gasteiger partial charge in [-0.3, -0.25) is 4.98 Å². The summed E-state index contributed by atoms with van der Waals surface area (Å²) in [5.41, 5.74) is 7.20. The Morgan fingerprint density at radius 1 is 1.19 bits per heavy atom. The van der Waals surface area contributed by atoms with E-state index in [0.717, 1.165) is 12.1 Å². The maximum atomic E-state index is 11.5. The SMILES string of the molecule is COC(=O)c1ccc(C=Cc2cc(C(C)(C)C)cc3c2CCC3(C)C)nc1. The van der Waals surface area contributed by atoms with Crippen LogP contribution >= 0.6 is 0 Å². The van der Waals surface area contributed by atoms with Gasteiger partial charge in [-0.25, -0.2) is 4.79 Å². The van der Waals surface area contributed by atoms with Crippen molar-refractivity contribution in [3.63, 3.8) is 0 Å². The van der Waals surface area contributed by atoms with Gasteiger partial charge in [-0.05, 0) is 64.1 Å². The molecule has 1 aromatic carbocycles. The van der Waals surface area contributed by atoms with E-state index in [4.69, 9.17) is 4.74 Å². The topological polar surface area (TPSA) is 39.2 Å². The van der Waals surface area contributed by atoms with Crippen molar-refractivity contribution in [1.29, 1.82) is 0 Å². The molecular weight excluding hydrogens is 334 g/mol. The highest BCUT2D eigenvalue weighted by molar-refractivity contribution is 5.89. The Hall–Kier alpha value is -2.42. The van der Waals surface area contributed by atoms with Crippen LogP contribution in [0.3, 0.4) is 0 Å². The Balaban J connectivity index is 1.98. The van der Waals surface area contributed by atoms with E-state index in [1.54, 1.807) is 12.3 Å². The zero-order valence-corrected chi connectivity index (χ0v) is 17.2. The van der Waals surface area contributed by atoms with E-state index in [-0.39, 0.29) is 16.8 Å². The molecule has 0 saturated carbocycles. The molecule has 27 heavy (non-hydrogen) atoms. The number of rotatable bonds is 3. The van der Waals surface area contributed by atoms with Crippen LogP contribution in [-0.4, -0.2) is 18.1 Å². The van der Waals surface area contributed by atoms with Crippen LogP contribution in [0.15, 0.2) is 30.5 Å². The van der Waals surface area contributed by atoms with Crippen molar-refractivity contribution in [3.8, 4) is 0 Å². The normalized spacial score (nSPS) is 15.8. The first-order chi connectivity index (χ1) is 12.6. The third-order valence-electron chi connectivity index (χ3n) is 5.52. The van der Waals surface area contributed by atoms with E-state index in [1.165, 1.54) is 35.8 Å². The zero-order chi connectivity index (χ0) is 19.8. The maximum Gasteiger partial charge on any atom is 0.339 e. The number of carbonyl (C=O) groups excluding carboxylic acids is 1. The van der Waals surface area contributed by atoms with Gasteiger partial charge in [0, 0.05) is 6.20 Å². The summed E-state index contributed by atoms with van der Waals surface area (Å²) in [6.07, 6.45) is 8.04. The summed E-state index contributed by atoms with van der Waals surface area (Å²) < 4.78 is 4.72. The van der Waals surface area contributed by atoms with Crippen LogP contribution in [0.4, 0.5) is 0 Å². The van der Waals surface area contributed by atoms with Gasteiger partial charge in [-0.15, -0.1) is 0 Å². The fourth-order valence-electron chi connectivity index (χ4n) is 3.65. The Labute approximate surface area is 162 Å². The van der Waals surface area contributed by atoms with E-state index in [2.05, 4.69) is 57.8 Å². The van der Waals surface area contributed by atoms with Gasteiger partial charge in [-0.2, -0.15) is 0 Å². The number of pyridine rings is 1. The molecule has 3 rings (SSSR count). The minimum absolute atomic E-state index is 0.108. The monoisotopic (exact) mass is 363 g/mol. The third kappa shape index (κ3) is 3.97. The van der Waals surface area contributed by atoms with Crippen molar-refractivity contribution in [2.24, 2.45) is 0 Å². The largest absolute Gasteiger partial charge is 0.465 e. The standard InChI is InChI=1S/C24H29NO2/c1-23(2,3)18-13-16(20-11-12-24(4,5)21(20)14-18)7-9-19-10-8-17(15-25-19)22(26)27-6/h7-10,13-15H,11-12H2,1-6H3. The molecule has 0 amide bonds. The number of fused-ring (bicyclic) bond motifs is 1. The average Bonchev–Trinajstić information content (AvgIpc) is 2.94. The van der Waals surface area contributed by atoms with Gasteiger partial charge in [-0.1, -0.05) is 52.8 Å². The van der Waals surface area contributed by atoms with Crippen LogP contribution in [0, 0.1) is 0 Å². The first kappa shape index (κ1) is 19.3. The van der Waals surface area contributed by atoms with Gasteiger partial charge < -0.3 is 4.74 Å². The number of hydrogen-bond acceptors (Lipinski definition) is 3. The molecule has 3 heteroatoms. The lowest BCUT2D eigenvalue weighted by Gasteiger charge is -2.25. The highest BCUT2D eigenvalue weighted by Gasteiger charge is 2.32. The first-order valence-corrected chi connectivity index (χ1v) is 9.52. The molecule has 1 heterocycles. The summed E-state index contributed by atoms with van der Waals surface area (Å²) >= 11 is 0. The smallest absolute Gasteiger partial charge is 0.339 e. The Morgan fingerprint density at radius 2 is 1.93 bits per heavy atom. The van der Waals surface area contributed by atoms with Crippen LogP contribution < -0.4 is 0 Å². The van der Waals surface area contributed by atoms with Crippen LogP contribution in [-0.2, 0) is 22.0 Å². The molecule has 0 bridgehead atoms. The lowest BCUT2D eigenvalue weighted by molar-refractivity contribution is 0.0600. The van der Waals surface area contributed by atoms with Crippen molar-refractivity contribution in [2.75, 3.05) is 7.11 Å². The summed E-state index contributed by atoms with van der Waals surface area (Å²) in [4.78, 5) is 15.9. The summed E-state index contributed by atoms with van der Waals surface area (Å²) in [7, 11) is 1.38. The van der Waals surface area contributed by atoms with E-state index < -0.39 is 0 Å². The van der Waals surface area contributed by atoms with Crippen molar-refractivity contribution < 1.29 is 9.53 Å². The molecule has 3 nitrogen and oxygen atoms in total. The van der Waals surface area contributed by atoms with Crippen LogP contribution in [0.2, 0.25) is 0 Å². The fourth-order valence-corrected chi connectivity index (χ4v) is 3.65. The lowest BCUT2D eigenvalue weighted by atomic mass is 9.79. The number of hydrogen-bond donors (Lipinski definition) is 0. The van der Waals surface area contributed by atoms with E-state index >= 15 is 0 Å². The predicted octanol–water partition coefficient (Wildman–Crippen LogP) is 5.56. The molecule has 142 valence electrons. The molecule has 1 aromatic heterocycles. The molecular formula is C24H29NO2. The van der Waals surface area contributed by atoms with Crippen molar-refractivity contribution in [1.82, 2.24) is 4.98 Å². The Kier molecular flexibility index (Phi) is 4.98. The van der Waals surface area contributed by atoms with E-state index in [1.807, 2.05) is 12.1 Å². The van der Waals surface area contributed by atoms with Crippen molar-refractivity contribution >= 4 is 18.1 Å². The van der Waals surface area contributed by atoms with Gasteiger partial charge >= 0.3 is 5.97 Å². The van der Waals surface area contributed by atoms with E-state index in [9.17, 15) is 4.79 Å². The molecule has 0 fully saturated rings. The summed E-state index contributed by atoms with van der Waals surface area (Å²) in [6, 6.07) is 8.32. The maximum absolute atomic E-state index is 11.5. The number of methoxy groups -OCH3 is 1. The molecule has 2 aromatic rings. The third-order valence-corrected chi connectivity index (χ3v) is 5.52. The molecule has 0 saturated heterocycles. The van der Waals surface area contributed by atoms with Gasteiger partial charge in [0.15, 0.2) is 0 Å². The molecule has 0 radical (unpaired) electrons. The van der Waals surface area contributed by atoms with Gasteiger partial charge in [0.25, 0.3) is 0 Å². The fraction of sp³-hybridized carbons (Fsp3) is 0.417. The Bertz CT molecular complexity index is 884. The molecule has 0 unspecified atom stereocenters. The minimum atomic E-state index is -0.365. The van der Waals surface area contributed by atoms with Gasteiger partial charge in [0.2, 0.25) is 0 Å². The molecule has 0 atom stereocenters. The molecule has 1 aliphatic rings. The quantitative estimate of drug-likeness (QED) is 0.670. The van der Waals surface area contributed by atoms with Crippen molar-refractivity contribution in [3.05, 3.63) is 64.0 Å². The van der Waals surface area contributed by atoms with E-state index in [0.29, 0.717) is 5.56 Å². The van der Waals surface area contributed by atoms with Crippen LogP contribution in [0.25, 0.3) is 12.2 Å². The first-order valence-electron chi connectivity index (χ1n) is 9.52. The highest BCUT2D eigenvalue weighted by atomic mass is 16.5.